The van der Waals surface area contributed by atoms with Crippen molar-refractivity contribution >= 4 is 32.7 Å². The van der Waals surface area contributed by atoms with Gasteiger partial charge in [-0.05, 0) is 25.0 Å². The van der Waals surface area contributed by atoms with Crippen LogP contribution in [-0.2, 0) is 6.42 Å². The molecule has 16 heavy (non-hydrogen) atoms. The molecule has 2 aromatic rings. The number of aryl methyl sites for hydroxylation is 1. The molecule has 2 rings (SSSR count). The van der Waals surface area contributed by atoms with Crippen molar-refractivity contribution in [2.24, 2.45) is 0 Å². The summed E-state index contributed by atoms with van der Waals surface area (Å²) in [5.74, 6) is 0.674. The van der Waals surface area contributed by atoms with Crippen molar-refractivity contribution in [1.82, 2.24) is 4.98 Å². The maximum Gasteiger partial charge on any atom is 0.195 e. The first-order chi connectivity index (χ1) is 7.70. The minimum absolute atomic E-state index is 0.202. The summed E-state index contributed by atoms with van der Waals surface area (Å²) < 4.78 is 6.46. The largest absolute Gasteiger partial charge is 0.439 e. The van der Waals surface area contributed by atoms with Crippen molar-refractivity contribution in [3.63, 3.8) is 0 Å². The van der Waals surface area contributed by atoms with Gasteiger partial charge in [-0.1, -0.05) is 15.9 Å². The van der Waals surface area contributed by atoms with Gasteiger partial charge in [0.05, 0.1) is 5.69 Å². The molecular formula is C11H13BrN2O2. The highest BCUT2D eigenvalue weighted by Crippen LogP contribution is 2.27. The number of nitrogens with two attached hydrogens (primary N) is 1. The smallest absolute Gasteiger partial charge is 0.195 e. The molecule has 0 spiro atoms. The molecule has 4 nitrogen and oxygen atoms in total. The van der Waals surface area contributed by atoms with Gasteiger partial charge in [0.2, 0.25) is 0 Å². The number of oxazole rings is 1. The molecule has 0 aliphatic heterocycles. The van der Waals surface area contributed by atoms with E-state index in [4.69, 9.17) is 15.3 Å². The first-order valence-electron chi connectivity index (χ1n) is 5.16. The van der Waals surface area contributed by atoms with Crippen LogP contribution < -0.4 is 5.73 Å². The van der Waals surface area contributed by atoms with Gasteiger partial charge in [-0.15, -0.1) is 0 Å². The van der Waals surface area contributed by atoms with Gasteiger partial charge in [0.25, 0.3) is 0 Å². The van der Waals surface area contributed by atoms with Crippen molar-refractivity contribution in [1.29, 1.82) is 0 Å². The summed E-state index contributed by atoms with van der Waals surface area (Å²) in [7, 11) is 0. The number of nitrogens with zero attached hydrogens (tertiary/aromatic N) is 1. The van der Waals surface area contributed by atoms with Crippen molar-refractivity contribution in [3.8, 4) is 0 Å². The van der Waals surface area contributed by atoms with Crippen LogP contribution in [0.25, 0.3) is 11.1 Å². The van der Waals surface area contributed by atoms with E-state index in [1.807, 2.05) is 6.07 Å². The van der Waals surface area contributed by atoms with Gasteiger partial charge < -0.3 is 15.3 Å². The summed E-state index contributed by atoms with van der Waals surface area (Å²) in [4.78, 5) is 4.35. The molecular weight excluding hydrogens is 272 g/mol. The number of hydrogen-bond acceptors (Lipinski definition) is 4. The molecule has 5 heteroatoms. The molecule has 0 amide bonds. The molecule has 0 aliphatic carbocycles. The van der Waals surface area contributed by atoms with E-state index in [-0.39, 0.29) is 6.61 Å². The van der Waals surface area contributed by atoms with E-state index in [1.165, 1.54) is 0 Å². The van der Waals surface area contributed by atoms with E-state index < -0.39 is 0 Å². The highest BCUT2D eigenvalue weighted by molar-refractivity contribution is 9.10. The quantitative estimate of drug-likeness (QED) is 0.668. The average molecular weight is 285 g/mol. The van der Waals surface area contributed by atoms with Crippen LogP contribution in [0.4, 0.5) is 5.69 Å². The fourth-order valence-electron chi connectivity index (χ4n) is 1.56. The molecule has 1 aromatic heterocycles. The molecule has 0 unspecified atom stereocenters. The maximum absolute atomic E-state index is 8.69. The summed E-state index contributed by atoms with van der Waals surface area (Å²) in [6.07, 6.45) is 2.36. The fraction of sp³-hybridized carbons (Fsp3) is 0.364. The molecule has 0 atom stereocenters. The number of hydrogen-bond donors (Lipinski definition) is 2. The Hall–Kier alpha value is -1.07. The predicted molar refractivity (Wildman–Crippen MR) is 66.1 cm³/mol. The van der Waals surface area contributed by atoms with Crippen LogP contribution in [-0.4, -0.2) is 16.7 Å². The van der Waals surface area contributed by atoms with Crippen molar-refractivity contribution < 1.29 is 9.52 Å². The van der Waals surface area contributed by atoms with Crippen LogP contribution in [0.3, 0.4) is 0 Å². The number of anilines is 1. The van der Waals surface area contributed by atoms with E-state index in [1.54, 1.807) is 6.07 Å². The molecule has 0 radical (unpaired) electrons. The van der Waals surface area contributed by atoms with Crippen LogP contribution in [0, 0.1) is 0 Å². The van der Waals surface area contributed by atoms with Gasteiger partial charge in [-0.25, -0.2) is 4.98 Å². The zero-order valence-corrected chi connectivity index (χ0v) is 10.3. The van der Waals surface area contributed by atoms with E-state index in [0.29, 0.717) is 17.2 Å². The second kappa shape index (κ2) is 4.84. The maximum atomic E-state index is 8.69. The normalized spacial score (nSPS) is 11.1. The Morgan fingerprint density at radius 1 is 1.38 bits per heavy atom. The lowest BCUT2D eigenvalue weighted by atomic mass is 10.2. The van der Waals surface area contributed by atoms with Crippen LogP contribution in [0.1, 0.15) is 18.7 Å². The second-order valence-corrected chi connectivity index (χ2v) is 4.55. The van der Waals surface area contributed by atoms with Crippen LogP contribution in [0.15, 0.2) is 21.0 Å². The van der Waals surface area contributed by atoms with Crippen LogP contribution >= 0.6 is 15.9 Å². The predicted octanol–water partition coefficient (Wildman–Crippen LogP) is 2.49. The monoisotopic (exact) mass is 284 g/mol. The van der Waals surface area contributed by atoms with Crippen LogP contribution in [0.2, 0.25) is 0 Å². The molecule has 1 aromatic carbocycles. The number of benzene rings is 1. The molecule has 86 valence electrons. The summed E-state index contributed by atoms with van der Waals surface area (Å²) in [6, 6.07) is 3.68. The van der Waals surface area contributed by atoms with Gasteiger partial charge >= 0.3 is 0 Å². The number of rotatable bonds is 4. The van der Waals surface area contributed by atoms with Gasteiger partial charge in [0.15, 0.2) is 11.5 Å². The first kappa shape index (κ1) is 11.4. The van der Waals surface area contributed by atoms with E-state index in [0.717, 1.165) is 29.3 Å². The number of aliphatic hydroxyl groups is 1. The lowest BCUT2D eigenvalue weighted by Crippen LogP contribution is -1.88. The van der Waals surface area contributed by atoms with E-state index in [9.17, 15) is 0 Å². The Bertz CT molecular complexity index is 496. The molecule has 0 saturated heterocycles. The van der Waals surface area contributed by atoms with Gasteiger partial charge in [-0.3, -0.25) is 0 Å². The van der Waals surface area contributed by atoms with Gasteiger partial charge in [0, 0.05) is 17.5 Å². The van der Waals surface area contributed by atoms with Crippen LogP contribution in [0.5, 0.6) is 0 Å². The summed E-state index contributed by atoms with van der Waals surface area (Å²) in [5.41, 5.74) is 7.82. The van der Waals surface area contributed by atoms with E-state index >= 15 is 0 Å². The Morgan fingerprint density at radius 3 is 2.94 bits per heavy atom. The Morgan fingerprint density at radius 2 is 2.19 bits per heavy atom. The third-order valence-corrected chi connectivity index (χ3v) is 2.78. The molecule has 0 aliphatic rings. The van der Waals surface area contributed by atoms with Gasteiger partial charge in [-0.2, -0.15) is 0 Å². The second-order valence-electron chi connectivity index (χ2n) is 3.63. The molecule has 0 saturated carbocycles. The number of aromatic nitrogens is 1. The number of nitrogen functional groups attached to an aromatic ring is 1. The number of fused-ring (bicyclic) bond motifs is 1. The third-order valence-electron chi connectivity index (χ3n) is 2.33. The standard InChI is InChI=1S/C11H13BrN2O2/c12-7-5-8(13)11-9(6-7)14-10(16-11)3-1-2-4-15/h5-6,15H,1-4,13H2. The topological polar surface area (TPSA) is 72.3 Å². The Balaban J connectivity index is 2.26. The van der Waals surface area contributed by atoms with Gasteiger partial charge in [0.1, 0.15) is 5.52 Å². The average Bonchev–Trinajstić information content (AvgIpc) is 2.61. The number of aliphatic hydroxyl groups excluding tert-OH is 1. The SMILES string of the molecule is Nc1cc(Br)cc2nc(CCCCO)oc12. The Labute approximate surface area is 102 Å². The highest BCUT2D eigenvalue weighted by Gasteiger charge is 2.09. The number of unbranched alkanes of at least 4 members (excludes halogenated alkanes) is 1. The lowest BCUT2D eigenvalue weighted by molar-refractivity contribution is 0.283. The summed E-state index contributed by atoms with van der Waals surface area (Å²) in [6.45, 7) is 0.202. The van der Waals surface area contributed by atoms with Crippen molar-refractivity contribution in [2.45, 2.75) is 19.3 Å². The molecule has 3 N–H and O–H groups in total. The molecule has 1 heterocycles. The zero-order chi connectivity index (χ0) is 11.5. The highest BCUT2D eigenvalue weighted by atomic mass is 79.9. The van der Waals surface area contributed by atoms with Crippen molar-refractivity contribution in [3.05, 3.63) is 22.5 Å². The Kier molecular flexibility index (Phi) is 3.46. The van der Waals surface area contributed by atoms with E-state index in [2.05, 4.69) is 20.9 Å². The third kappa shape index (κ3) is 2.36. The zero-order valence-electron chi connectivity index (χ0n) is 8.74. The van der Waals surface area contributed by atoms with Crippen molar-refractivity contribution in [2.75, 3.05) is 12.3 Å². The lowest BCUT2D eigenvalue weighted by Gasteiger charge is -1.94. The summed E-state index contributed by atoms with van der Waals surface area (Å²) >= 11 is 3.36. The minimum atomic E-state index is 0.202. The molecule has 0 bridgehead atoms. The molecule has 0 fully saturated rings. The first-order valence-corrected chi connectivity index (χ1v) is 5.95. The summed E-state index contributed by atoms with van der Waals surface area (Å²) in [5, 5.41) is 8.69. The minimum Gasteiger partial charge on any atom is -0.439 e. The fourth-order valence-corrected chi connectivity index (χ4v) is 2.03. The number of halogens is 1.